The van der Waals surface area contributed by atoms with Crippen LogP contribution in [0.4, 0.5) is 0 Å². The first kappa shape index (κ1) is 11.5. The molecule has 1 aliphatic heterocycles. The fourth-order valence-corrected chi connectivity index (χ4v) is 2.45. The van der Waals surface area contributed by atoms with E-state index in [2.05, 4.69) is 29.4 Å². The number of likely N-dealkylation sites (N-methyl/N-ethyl adjacent to an activating group) is 1. The smallest absolute Gasteiger partial charge is 0.120 e. The van der Waals surface area contributed by atoms with Gasteiger partial charge in [0.1, 0.15) is 5.75 Å². The first-order valence-electron chi connectivity index (χ1n) is 6.36. The van der Waals surface area contributed by atoms with E-state index in [9.17, 15) is 5.11 Å². The summed E-state index contributed by atoms with van der Waals surface area (Å²) in [4.78, 5) is 2.30. The molecule has 0 aliphatic carbocycles. The minimum absolute atomic E-state index is 0.396. The Hall–Kier alpha value is -1.58. The summed E-state index contributed by atoms with van der Waals surface area (Å²) >= 11 is 0. The van der Waals surface area contributed by atoms with Crippen LogP contribution in [0.5, 0.6) is 5.75 Å². The number of aromatic hydroxyl groups is 1. The van der Waals surface area contributed by atoms with Crippen molar-refractivity contribution in [3.8, 4) is 5.75 Å². The number of rotatable bonds is 3. The van der Waals surface area contributed by atoms with E-state index in [0.29, 0.717) is 11.8 Å². The van der Waals surface area contributed by atoms with Gasteiger partial charge < -0.3 is 10.4 Å². The topological polar surface area (TPSA) is 35.5 Å². The average molecular weight is 242 g/mol. The second kappa shape index (κ2) is 4.59. The molecule has 3 heteroatoms. The molecule has 0 atom stereocenters. The molecule has 1 heterocycles. The maximum absolute atomic E-state index is 10.1. The molecule has 2 N–H and O–H groups in total. The molecule has 3 rings (SSSR count). The largest absolute Gasteiger partial charge is 0.508 e. The Morgan fingerprint density at radius 1 is 1.22 bits per heavy atom. The van der Waals surface area contributed by atoms with Crippen molar-refractivity contribution >= 4 is 10.8 Å². The second-order valence-electron chi connectivity index (χ2n) is 5.01. The number of nitrogens with one attached hydrogen (secondary N) is 1. The maximum atomic E-state index is 10.1. The number of nitrogens with zero attached hydrogens (tertiary/aromatic N) is 1. The molecule has 0 aromatic heterocycles. The van der Waals surface area contributed by atoms with Crippen molar-refractivity contribution in [3.63, 3.8) is 0 Å². The minimum atomic E-state index is 0.396. The van der Waals surface area contributed by atoms with Gasteiger partial charge in [-0.3, -0.25) is 4.90 Å². The van der Waals surface area contributed by atoms with E-state index in [1.54, 1.807) is 6.07 Å². The fourth-order valence-electron chi connectivity index (χ4n) is 2.45. The van der Waals surface area contributed by atoms with Gasteiger partial charge in [0, 0.05) is 31.2 Å². The van der Waals surface area contributed by atoms with Crippen molar-refractivity contribution in [2.24, 2.45) is 0 Å². The Morgan fingerprint density at radius 2 is 2.00 bits per heavy atom. The van der Waals surface area contributed by atoms with E-state index in [1.807, 2.05) is 18.2 Å². The number of fused-ring (bicyclic) bond motifs is 1. The summed E-state index contributed by atoms with van der Waals surface area (Å²) in [5.74, 6) is 0.396. The molecule has 1 aliphatic rings. The van der Waals surface area contributed by atoms with E-state index in [0.717, 1.165) is 30.6 Å². The summed E-state index contributed by atoms with van der Waals surface area (Å²) < 4.78 is 0. The maximum Gasteiger partial charge on any atom is 0.120 e. The summed E-state index contributed by atoms with van der Waals surface area (Å²) in [6, 6.07) is 12.6. The van der Waals surface area contributed by atoms with E-state index in [4.69, 9.17) is 0 Å². The Balaban J connectivity index is 1.96. The second-order valence-corrected chi connectivity index (χ2v) is 5.01. The quantitative estimate of drug-likeness (QED) is 0.863. The van der Waals surface area contributed by atoms with Crippen LogP contribution in [0.15, 0.2) is 36.4 Å². The molecule has 3 nitrogen and oxygen atoms in total. The van der Waals surface area contributed by atoms with Crippen molar-refractivity contribution in [3.05, 3.63) is 42.0 Å². The zero-order chi connectivity index (χ0) is 12.5. The number of benzene rings is 2. The van der Waals surface area contributed by atoms with Gasteiger partial charge in [-0.2, -0.15) is 0 Å². The number of hydrogen-bond acceptors (Lipinski definition) is 3. The number of hydrogen-bond donors (Lipinski definition) is 2. The van der Waals surface area contributed by atoms with Crippen molar-refractivity contribution in [1.29, 1.82) is 0 Å². The molecule has 2 aromatic carbocycles. The molecular formula is C15H18N2O. The first-order chi connectivity index (χ1) is 8.75. The van der Waals surface area contributed by atoms with Gasteiger partial charge in [-0.25, -0.2) is 0 Å². The van der Waals surface area contributed by atoms with Gasteiger partial charge in [0.2, 0.25) is 0 Å². The Labute approximate surface area is 107 Å². The fraction of sp³-hybridized carbons (Fsp3) is 0.333. The first-order valence-corrected chi connectivity index (χ1v) is 6.36. The normalized spacial score (nSPS) is 16.1. The van der Waals surface area contributed by atoms with E-state index in [-0.39, 0.29) is 0 Å². The highest BCUT2D eigenvalue weighted by atomic mass is 16.3. The molecule has 0 bridgehead atoms. The molecule has 1 saturated heterocycles. The van der Waals surface area contributed by atoms with Crippen LogP contribution in [0.1, 0.15) is 5.56 Å². The molecular weight excluding hydrogens is 224 g/mol. The van der Waals surface area contributed by atoms with Gasteiger partial charge in [-0.15, -0.1) is 0 Å². The van der Waals surface area contributed by atoms with Gasteiger partial charge in [0.05, 0.1) is 0 Å². The molecule has 0 saturated carbocycles. The standard InChI is InChI=1S/C15H18N2O/c1-17(12-8-16-9-12)10-14-13-5-3-2-4-11(13)6-7-15(14)18/h2-7,12,16,18H,8-10H2,1H3. The zero-order valence-electron chi connectivity index (χ0n) is 10.6. The monoisotopic (exact) mass is 242 g/mol. The van der Waals surface area contributed by atoms with Crippen molar-refractivity contribution < 1.29 is 5.11 Å². The Morgan fingerprint density at radius 3 is 2.72 bits per heavy atom. The predicted octanol–water partition coefficient (Wildman–Crippen LogP) is 1.95. The lowest BCUT2D eigenvalue weighted by atomic mass is 10.0. The Bertz CT molecular complexity index is 563. The molecule has 0 spiro atoms. The highest BCUT2D eigenvalue weighted by molar-refractivity contribution is 5.87. The molecule has 94 valence electrons. The molecule has 0 amide bonds. The lowest BCUT2D eigenvalue weighted by Crippen LogP contribution is -2.55. The molecule has 2 aromatic rings. The van der Waals surface area contributed by atoms with Crippen LogP contribution in [0.2, 0.25) is 0 Å². The SMILES string of the molecule is CN(Cc1c(O)ccc2ccccc12)C1CNC1. The van der Waals surface area contributed by atoms with Gasteiger partial charge in [-0.05, 0) is 23.9 Å². The van der Waals surface area contributed by atoms with Crippen LogP contribution < -0.4 is 5.32 Å². The van der Waals surface area contributed by atoms with Crippen LogP contribution in [0.25, 0.3) is 10.8 Å². The molecule has 18 heavy (non-hydrogen) atoms. The number of phenolic OH excluding ortho intramolecular Hbond substituents is 1. The van der Waals surface area contributed by atoms with E-state index >= 15 is 0 Å². The lowest BCUT2D eigenvalue weighted by Gasteiger charge is -2.35. The van der Waals surface area contributed by atoms with Crippen LogP contribution in [0.3, 0.4) is 0 Å². The third-order valence-electron chi connectivity index (χ3n) is 3.81. The highest BCUT2D eigenvalue weighted by Crippen LogP contribution is 2.28. The molecule has 0 radical (unpaired) electrons. The van der Waals surface area contributed by atoms with Crippen LogP contribution in [0, 0.1) is 0 Å². The van der Waals surface area contributed by atoms with Crippen LogP contribution >= 0.6 is 0 Å². The minimum Gasteiger partial charge on any atom is -0.508 e. The van der Waals surface area contributed by atoms with Crippen LogP contribution in [-0.2, 0) is 6.54 Å². The van der Waals surface area contributed by atoms with Crippen molar-refractivity contribution in [1.82, 2.24) is 10.2 Å². The lowest BCUT2D eigenvalue weighted by molar-refractivity contribution is 0.172. The third-order valence-corrected chi connectivity index (χ3v) is 3.81. The zero-order valence-corrected chi connectivity index (χ0v) is 10.6. The predicted molar refractivity (Wildman–Crippen MR) is 73.7 cm³/mol. The van der Waals surface area contributed by atoms with E-state index in [1.165, 1.54) is 5.39 Å². The summed E-state index contributed by atoms with van der Waals surface area (Å²) in [7, 11) is 2.12. The highest BCUT2D eigenvalue weighted by Gasteiger charge is 2.22. The van der Waals surface area contributed by atoms with Gasteiger partial charge in [0.25, 0.3) is 0 Å². The van der Waals surface area contributed by atoms with Crippen molar-refractivity contribution in [2.45, 2.75) is 12.6 Å². The van der Waals surface area contributed by atoms with Gasteiger partial charge >= 0.3 is 0 Å². The molecule has 1 fully saturated rings. The van der Waals surface area contributed by atoms with Gasteiger partial charge in [0.15, 0.2) is 0 Å². The molecule has 0 unspecified atom stereocenters. The Kier molecular flexibility index (Phi) is 2.94. The number of phenols is 1. The summed E-state index contributed by atoms with van der Waals surface area (Å²) in [5.41, 5.74) is 1.03. The van der Waals surface area contributed by atoms with E-state index < -0.39 is 0 Å². The summed E-state index contributed by atoms with van der Waals surface area (Å²) in [6.45, 7) is 2.88. The van der Waals surface area contributed by atoms with Crippen molar-refractivity contribution in [2.75, 3.05) is 20.1 Å². The summed E-state index contributed by atoms with van der Waals surface area (Å²) in [6.07, 6.45) is 0. The third kappa shape index (κ3) is 1.96. The average Bonchev–Trinajstić information content (AvgIpc) is 2.31. The summed E-state index contributed by atoms with van der Waals surface area (Å²) in [5, 5.41) is 15.7. The van der Waals surface area contributed by atoms with Crippen LogP contribution in [-0.4, -0.2) is 36.2 Å². The van der Waals surface area contributed by atoms with Gasteiger partial charge in [-0.1, -0.05) is 30.3 Å².